The summed E-state index contributed by atoms with van der Waals surface area (Å²) >= 11 is 1.45. The van der Waals surface area contributed by atoms with E-state index >= 15 is 0 Å². The molecule has 0 aliphatic carbocycles. The second-order valence-electron chi connectivity index (χ2n) is 4.10. The van der Waals surface area contributed by atoms with E-state index in [0.29, 0.717) is 12.5 Å². The van der Waals surface area contributed by atoms with E-state index in [1.807, 2.05) is 11.4 Å². The van der Waals surface area contributed by atoms with E-state index in [0.717, 1.165) is 29.8 Å². The first-order chi connectivity index (χ1) is 7.20. The number of carbonyl (C=O) groups excluding carboxylic acids is 1. The first-order valence-electron chi connectivity index (χ1n) is 5.17. The predicted octanol–water partition coefficient (Wildman–Crippen LogP) is 1.77. The first-order valence-corrected chi connectivity index (χ1v) is 6.05. The summed E-state index contributed by atoms with van der Waals surface area (Å²) in [5.74, 6) is 0.380. The average molecular weight is 225 g/mol. The maximum Gasteiger partial charge on any atom is 0.160 e. The lowest BCUT2D eigenvalue weighted by molar-refractivity contribution is 0.103. The molecule has 2 heterocycles. The summed E-state index contributed by atoms with van der Waals surface area (Å²) in [6.45, 7) is 3.72. The quantitative estimate of drug-likeness (QED) is 0.780. The summed E-state index contributed by atoms with van der Waals surface area (Å²) in [6.07, 6.45) is 1.63. The third-order valence-electron chi connectivity index (χ3n) is 3.01. The van der Waals surface area contributed by atoms with Crippen LogP contribution in [0.1, 0.15) is 23.0 Å². The van der Waals surface area contributed by atoms with E-state index in [-0.39, 0.29) is 6.10 Å². The van der Waals surface area contributed by atoms with Gasteiger partial charge in [0.15, 0.2) is 6.29 Å². The third kappa shape index (κ3) is 2.21. The highest BCUT2D eigenvalue weighted by atomic mass is 32.1. The normalized spacial score (nSPS) is 26.7. The first kappa shape index (κ1) is 10.6. The standard InChI is InChI=1S/C11H15NO2S/c1-8-2-3-12(5-11(8)14)9-4-10(6-13)15-7-9/h4,6-8,11,14H,2-3,5H2,1H3. The summed E-state index contributed by atoms with van der Waals surface area (Å²) < 4.78 is 0. The lowest BCUT2D eigenvalue weighted by Gasteiger charge is -2.35. The Hall–Kier alpha value is -0.870. The SMILES string of the molecule is CC1CCN(c2csc(C=O)c2)CC1O. The van der Waals surface area contributed by atoms with Crippen LogP contribution in [0.15, 0.2) is 11.4 Å². The van der Waals surface area contributed by atoms with E-state index in [2.05, 4.69) is 11.8 Å². The number of aliphatic hydroxyl groups excluding tert-OH is 1. The molecule has 4 heteroatoms. The molecule has 0 radical (unpaired) electrons. The maximum absolute atomic E-state index is 10.6. The fourth-order valence-electron chi connectivity index (χ4n) is 1.85. The summed E-state index contributed by atoms with van der Waals surface area (Å²) in [7, 11) is 0. The minimum atomic E-state index is -0.252. The minimum absolute atomic E-state index is 0.252. The van der Waals surface area contributed by atoms with Gasteiger partial charge in [0.1, 0.15) is 0 Å². The Morgan fingerprint density at radius 3 is 3.07 bits per heavy atom. The molecular formula is C11H15NO2S. The van der Waals surface area contributed by atoms with Crippen LogP contribution in [-0.4, -0.2) is 30.6 Å². The highest BCUT2D eigenvalue weighted by molar-refractivity contribution is 7.12. The third-order valence-corrected chi connectivity index (χ3v) is 3.85. The molecule has 2 unspecified atom stereocenters. The highest BCUT2D eigenvalue weighted by Gasteiger charge is 2.24. The van der Waals surface area contributed by atoms with Crippen LogP contribution >= 0.6 is 11.3 Å². The molecule has 1 aliphatic rings. The van der Waals surface area contributed by atoms with Gasteiger partial charge < -0.3 is 10.0 Å². The van der Waals surface area contributed by atoms with Crippen LogP contribution in [0.5, 0.6) is 0 Å². The molecular weight excluding hydrogens is 210 g/mol. The van der Waals surface area contributed by atoms with Gasteiger partial charge >= 0.3 is 0 Å². The maximum atomic E-state index is 10.6. The second kappa shape index (κ2) is 4.33. The molecule has 82 valence electrons. The van der Waals surface area contributed by atoms with Crippen molar-refractivity contribution in [3.63, 3.8) is 0 Å². The number of hydrogen-bond donors (Lipinski definition) is 1. The Balaban J connectivity index is 2.08. The van der Waals surface area contributed by atoms with E-state index in [1.54, 1.807) is 0 Å². The van der Waals surface area contributed by atoms with Crippen LogP contribution < -0.4 is 4.90 Å². The Morgan fingerprint density at radius 1 is 1.67 bits per heavy atom. The van der Waals surface area contributed by atoms with Gasteiger partial charge in [-0.25, -0.2) is 0 Å². The van der Waals surface area contributed by atoms with Crippen LogP contribution in [0.4, 0.5) is 5.69 Å². The number of anilines is 1. The molecule has 2 rings (SSSR count). The molecule has 1 aromatic heterocycles. The van der Waals surface area contributed by atoms with Gasteiger partial charge in [-0.3, -0.25) is 4.79 Å². The van der Waals surface area contributed by atoms with Crippen LogP contribution in [0.2, 0.25) is 0 Å². The molecule has 0 bridgehead atoms. The Labute approximate surface area is 93.3 Å². The van der Waals surface area contributed by atoms with E-state index in [4.69, 9.17) is 0 Å². The van der Waals surface area contributed by atoms with Crippen molar-refractivity contribution in [2.45, 2.75) is 19.4 Å². The van der Waals surface area contributed by atoms with Gasteiger partial charge in [0.2, 0.25) is 0 Å². The van der Waals surface area contributed by atoms with E-state index < -0.39 is 0 Å². The number of aldehydes is 1. The molecule has 0 amide bonds. The second-order valence-corrected chi connectivity index (χ2v) is 5.05. The van der Waals surface area contributed by atoms with Gasteiger partial charge in [0.05, 0.1) is 11.0 Å². The fourth-order valence-corrected chi connectivity index (χ4v) is 2.57. The van der Waals surface area contributed by atoms with Gasteiger partial charge in [-0.2, -0.15) is 0 Å². The molecule has 0 aromatic carbocycles. The lowest BCUT2D eigenvalue weighted by Crippen LogP contribution is -2.42. The van der Waals surface area contributed by atoms with Crippen LogP contribution in [-0.2, 0) is 0 Å². The van der Waals surface area contributed by atoms with Crippen molar-refractivity contribution in [2.24, 2.45) is 5.92 Å². The summed E-state index contributed by atoms with van der Waals surface area (Å²) in [5, 5.41) is 11.7. The Kier molecular flexibility index (Phi) is 3.07. The van der Waals surface area contributed by atoms with E-state index in [1.165, 1.54) is 11.3 Å². The molecule has 1 N–H and O–H groups in total. The minimum Gasteiger partial charge on any atom is -0.391 e. The number of carbonyl (C=O) groups is 1. The number of piperidine rings is 1. The largest absolute Gasteiger partial charge is 0.391 e. The summed E-state index contributed by atoms with van der Waals surface area (Å²) in [4.78, 5) is 13.5. The number of aliphatic hydroxyl groups is 1. The van der Waals surface area contributed by atoms with Crippen molar-refractivity contribution in [3.8, 4) is 0 Å². The van der Waals surface area contributed by atoms with Crippen molar-refractivity contribution in [1.82, 2.24) is 0 Å². The fraction of sp³-hybridized carbons (Fsp3) is 0.545. The average Bonchev–Trinajstić information content (AvgIpc) is 2.70. The van der Waals surface area contributed by atoms with Crippen molar-refractivity contribution in [2.75, 3.05) is 18.0 Å². The molecule has 1 saturated heterocycles. The molecule has 1 aliphatic heterocycles. The summed E-state index contributed by atoms with van der Waals surface area (Å²) in [5.41, 5.74) is 1.06. The van der Waals surface area contributed by atoms with Crippen molar-refractivity contribution in [3.05, 3.63) is 16.3 Å². The zero-order chi connectivity index (χ0) is 10.8. The molecule has 3 nitrogen and oxygen atoms in total. The number of hydrogen-bond acceptors (Lipinski definition) is 4. The number of rotatable bonds is 2. The topological polar surface area (TPSA) is 40.5 Å². The van der Waals surface area contributed by atoms with Crippen molar-refractivity contribution in [1.29, 1.82) is 0 Å². The Morgan fingerprint density at radius 2 is 2.47 bits per heavy atom. The molecule has 0 saturated carbocycles. The van der Waals surface area contributed by atoms with Crippen molar-refractivity contribution >= 4 is 23.3 Å². The van der Waals surface area contributed by atoms with Gasteiger partial charge in [-0.05, 0) is 18.4 Å². The van der Waals surface area contributed by atoms with Crippen LogP contribution in [0, 0.1) is 5.92 Å². The predicted molar refractivity (Wildman–Crippen MR) is 61.7 cm³/mol. The molecule has 1 fully saturated rings. The van der Waals surface area contributed by atoms with Gasteiger partial charge in [0, 0.05) is 24.2 Å². The van der Waals surface area contributed by atoms with Gasteiger partial charge in [-0.15, -0.1) is 11.3 Å². The zero-order valence-electron chi connectivity index (χ0n) is 8.72. The monoisotopic (exact) mass is 225 g/mol. The Bertz CT molecular complexity index is 350. The molecule has 2 atom stereocenters. The zero-order valence-corrected chi connectivity index (χ0v) is 9.54. The van der Waals surface area contributed by atoms with E-state index in [9.17, 15) is 9.90 Å². The van der Waals surface area contributed by atoms with Gasteiger partial charge in [-0.1, -0.05) is 6.92 Å². The smallest absolute Gasteiger partial charge is 0.160 e. The number of β-amino-alcohol motifs (C(OH)–C–C–N with tert-alkyl or cyclic N) is 1. The number of thiophene rings is 1. The molecule has 0 spiro atoms. The number of nitrogens with zero attached hydrogens (tertiary/aromatic N) is 1. The van der Waals surface area contributed by atoms with Crippen molar-refractivity contribution < 1.29 is 9.90 Å². The van der Waals surface area contributed by atoms with Crippen LogP contribution in [0.25, 0.3) is 0 Å². The summed E-state index contributed by atoms with van der Waals surface area (Å²) in [6, 6.07) is 1.89. The highest BCUT2D eigenvalue weighted by Crippen LogP contribution is 2.26. The van der Waals surface area contributed by atoms with Gasteiger partial charge in [0.25, 0.3) is 0 Å². The van der Waals surface area contributed by atoms with Crippen LogP contribution in [0.3, 0.4) is 0 Å². The molecule has 1 aromatic rings. The molecule has 15 heavy (non-hydrogen) atoms. The lowest BCUT2D eigenvalue weighted by atomic mass is 9.96.